The third kappa shape index (κ3) is 2.81. The number of hydrogen-bond donors (Lipinski definition) is 0. The zero-order chi connectivity index (χ0) is 12.0. The molecule has 0 radical (unpaired) electrons. The molecular formula is C12H16O4. The van der Waals surface area contributed by atoms with Crippen LogP contribution in [0.5, 0.6) is 5.75 Å². The molecular weight excluding hydrogens is 208 g/mol. The molecule has 88 valence electrons. The van der Waals surface area contributed by atoms with Crippen molar-refractivity contribution in [3.63, 3.8) is 0 Å². The molecule has 0 heterocycles. The van der Waals surface area contributed by atoms with Gasteiger partial charge in [-0.1, -0.05) is 12.1 Å². The van der Waals surface area contributed by atoms with Crippen molar-refractivity contribution in [2.45, 2.75) is 13.2 Å². The third-order valence-electron chi connectivity index (χ3n) is 2.09. The van der Waals surface area contributed by atoms with Crippen LogP contribution in [0.4, 0.5) is 0 Å². The van der Waals surface area contributed by atoms with Gasteiger partial charge in [-0.2, -0.15) is 0 Å². The Morgan fingerprint density at radius 2 is 1.88 bits per heavy atom. The summed E-state index contributed by atoms with van der Waals surface area (Å²) in [5.41, 5.74) is 0.470. The average molecular weight is 224 g/mol. The minimum Gasteiger partial charge on any atom is -0.493 e. The number of Topliss-reactive ketones (excluding diaryl/α,β-unsaturated/α-hetero) is 1. The van der Waals surface area contributed by atoms with Gasteiger partial charge in [0.2, 0.25) is 12.1 Å². The maximum Gasteiger partial charge on any atom is 0.222 e. The summed E-state index contributed by atoms with van der Waals surface area (Å²) in [5.74, 6) is 0.308. The molecule has 0 amide bonds. The second kappa shape index (κ2) is 6.25. The fourth-order valence-electron chi connectivity index (χ4n) is 1.39. The Morgan fingerprint density at radius 3 is 2.44 bits per heavy atom. The predicted molar refractivity (Wildman–Crippen MR) is 59.7 cm³/mol. The Bertz CT molecular complexity index is 345. The number of benzene rings is 1. The minimum absolute atomic E-state index is 0.242. The molecule has 0 bridgehead atoms. The van der Waals surface area contributed by atoms with Gasteiger partial charge in [0.15, 0.2) is 0 Å². The summed E-state index contributed by atoms with van der Waals surface area (Å²) in [6.45, 7) is 2.38. The molecule has 0 saturated carbocycles. The van der Waals surface area contributed by atoms with Crippen LogP contribution in [0.1, 0.15) is 17.3 Å². The Labute approximate surface area is 95.1 Å². The first kappa shape index (κ1) is 12.7. The van der Waals surface area contributed by atoms with E-state index in [9.17, 15) is 4.79 Å². The van der Waals surface area contributed by atoms with Crippen molar-refractivity contribution in [2.24, 2.45) is 0 Å². The summed E-state index contributed by atoms with van der Waals surface area (Å²) in [7, 11) is 2.85. The van der Waals surface area contributed by atoms with Gasteiger partial charge >= 0.3 is 0 Å². The van der Waals surface area contributed by atoms with E-state index in [2.05, 4.69) is 0 Å². The van der Waals surface area contributed by atoms with E-state index in [0.717, 1.165) is 0 Å². The lowest BCUT2D eigenvalue weighted by atomic mass is 10.1. The minimum atomic E-state index is -0.887. The molecule has 1 aromatic carbocycles. The average Bonchev–Trinajstić information content (AvgIpc) is 2.31. The molecule has 0 aliphatic heterocycles. The van der Waals surface area contributed by atoms with E-state index in [-0.39, 0.29) is 5.78 Å². The Hall–Kier alpha value is -1.39. The highest BCUT2D eigenvalue weighted by Gasteiger charge is 2.21. The highest BCUT2D eigenvalue weighted by molar-refractivity contribution is 6.01. The fraction of sp³-hybridized carbons (Fsp3) is 0.417. The van der Waals surface area contributed by atoms with Crippen molar-refractivity contribution in [3.05, 3.63) is 29.8 Å². The molecule has 0 aliphatic carbocycles. The van der Waals surface area contributed by atoms with Crippen molar-refractivity contribution in [3.8, 4) is 5.75 Å². The second-order valence-electron chi connectivity index (χ2n) is 3.10. The van der Waals surface area contributed by atoms with Crippen LogP contribution >= 0.6 is 0 Å². The number of rotatable bonds is 6. The van der Waals surface area contributed by atoms with Crippen molar-refractivity contribution < 1.29 is 19.0 Å². The van der Waals surface area contributed by atoms with Gasteiger partial charge in [0.1, 0.15) is 5.75 Å². The summed E-state index contributed by atoms with van der Waals surface area (Å²) in [4.78, 5) is 12.0. The third-order valence-corrected chi connectivity index (χ3v) is 2.09. The Morgan fingerprint density at radius 1 is 1.25 bits per heavy atom. The standard InChI is InChI=1S/C12H16O4/c1-4-16-10-8-6-5-7-9(10)11(13)12(14-2)15-3/h5-8,12H,4H2,1-3H3. The summed E-state index contributed by atoms with van der Waals surface area (Å²) < 4.78 is 15.2. The first-order valence-electron chi connectivity index (χ1n) is 5.06. The van der Waals surface area contributed by atoms with E-state index in [0.29, 0.717) is 17.9 Å². The molecule has 0 N–H and O–H groups in total. The van der Waals surface area contributed by atoms with Crippen LogP contribution in [0.2, 0.25) is 0 Å². The molecule has 0 aliphatic rings. The van der Waals surface area contributed by atoms with E-state index in [1.54, 1.807) is 18.2 Å². The van der Waals surface area contributed by atoms with Gasteiger partial charge in [-0.05, 0) is 19.1 Å². The zero-order valence-electron chi connectivity index (χ0n) is 9.73. The summed E-state index contributed by atoms with van der Waals surface area (Å²) in [6, 6.07) is 7.03. The van der Waals surface area contributed by atoms with E-state index in [1.807, 2.05) is 13.0 Å². The molecule has 0 fully saturated rings. The second-order valence-corrected chi connectivity index (χ2v) is 3.10. The zero-order valence-corrected chi connectivity index (χ0v) is 9.73. The highest BCUT2D eigenvalue weighted by atomic mass is 16.7. The van der Waals surface area contributed by atoms with Gasteiger partial charge in [-0.3, -0.25) is 4.79 Å². The van der Waals surface area contributed by atoms with Crippen molar-refractivity contribution in [1.82, 2.24) is 0 Å². The SMILES string of the molecule is CCOc1ccccc1C(=O)C(OC)OC. The maximum atomic E-state index is 12.0. The number of ketones is 1. The highest BCUT2D eigenvalue weighted by Crippen LogP contribution is 2.20. The molecule has 4 nitrogen and oxygen atoms in total. The van der Waals surface area contributed by atoms with Crippen LogP contribution in [-0.2, 0) is 9.47 Å². The number of ether oxygens (including phenoxy) is 3. The van der Waals surface area contributed by atoms with E-state index < -0.39 is 6.29 Å². The van der Waals surface area contributed by atoms with Crippen molar-refractivity contribution in [2.75, 3.05) is 20.8 Å². The smallest absolute Gasteiger partial charge is 0.222 e. The summed E-state index contributed by atoms with van der Waals surface area (Å²) in [5, 5.41) is 0. The van der Waals surface area contributed by atoms with E-state index in [4.69, 9.17) is 14.2 Å². The molecule has 4 heteroatoms. The number of hydrogen-bond acceptors (Lipinski definition) is 4. The van der Waals surface area contributed by atoms with Gasteiger partial charge < -0.3 is 14.2 Å². The molecule has 1 aromatic rings. The molecule has 16 heavy (non-hydrogen) atoms. The molecule has 0 aromatic heterocycles. The quantitative estimate of drug-likeness (QED) is 0.546. The number of methoxy groups -OCH3 is 2. The van der Waals surface area contributed by atoms with E-state index in [1.165, 1.54) is 14.2 Å². The molecule has 0 unspecified atom stereocenters. The van der Waals surface area contributed by atoms with Gasteiger partial charge in [-0.15, -0.1) is 0 Å². The number of para-hydroxylation sites is 1. The Balaban J connectivity index is 2.97. The largest absolute Gasteiger partial charge is 0.493 e. The van der Waals surface area contributed by atoms with Crippen LogP contribution in [0.15, 0.2) is 24.3 Å². The van der Waals surface area contributed by atoms with Gasteiger partial charge in [0.05, 0.1) is 12.2 Å². The predicted octanol–water partition coefficient (Wildman–Crippen LogP) is 1.89. The first-order chi connectivity index (χ1) is 7.74. The lowest BCUT2D eigenvalue weighted by Gasteiger charge is -2.14. The number of carbonyl (C=O) groups is 1. The van der Waals surface area contributed by atoms with Gasteiger partial charge in [0, 0.05) is 14.2 Å². The topological polar surface area (TPSA) is 44.8 Å². The lowest BCUT2D eigenvalue weighted by Crippen LogP contribution is -2.25. The maximum absolute atomic E-state index is 12.0. The Kier molecular flexibility index (Phi) is 4.95. The van der Waals surface area contributed by atoms with Crippen LogP contribution in [-0.4, -0.2) is 32.9 Å². The van der Waals surface area contributed by atoms with Crippen LogP contribution in [0, 0.1) is 0 Å². The first-order valence-corrected chi connectivity index (χ1v) is 5.06. The van der Waals surface area contributed by atoms with Crippen molar-refractivity contribution >= 4 is 5.78 Å². The van der Waals surface area contributed by atoms with Crippen LogP contribution in [0.25, 0.3) is 0 Å². The monoisotopic (exact) mass is 224 g/mol. The fourth-order valence-corrected chi connectivity index (χ4v) is 1.39. The molecule has 0 saturated heterocycles. The summed E-state index contributed by atoms with van der Waals surface area (Å²) in [6.07, 6.45) is -0.887. The van der Waals surface area contributed by atoms with Crippen LogP contribution < -0.4 is 4.74 Å². The van der Waals surface area contributed by atoms with Gasteiger partial charge in [-0.25, -0.2) is 0 Å². The normalized spacial score (nSPS) is 10.5. The number of carbonyl (C=O) groups excluding carboxylic acids is 1. The van der Waals surface area contributed by atoms with E-state index >= 15 is 0 Å². The van der Waals surface area contributed by atoms with Crippen molar-refractivity contribution in [1.29, 1.82) is 0 Å². The summed E-state index contributed by atoms with van der Waals surface area (Å²) >= 11 is 0. The molecule has 1 rings (SSSR count). The lowest BCUT2D eigenvalue weighted by molar-refractivity contribution is -0.0743. The molecule has 0 atom stereocenters. The van der Waals surface area contributed by atoms with Gasteiger partial charge in [0.25, 0.3) is 0 Å². The molecule has 0 spiro atoms. The van der Waals surface area contributed by atoms with Crippen LogP contribution in [0.3, 0.4) is 0 Å².